The Labute approximate surface area is 164 Å². The van der Waals surface area contributed by atoms with Crippen LogP contribution in [0.5, 0.6) is 0 Å². The van der Waals surface area contributed by atoms with Crippen LogP contribution < -0.4 is 15.4 Å². The lowest BCUT2D eigenvalue weighted by Crippen LogP contribution is -2.42. The number of benzene rings is 2. The van der Waals surface area contributed by atoms with Crippen LogP contribution in [0.1, 0.15) is 32.6 Å². The van der Waals surface area contributed by atoms with Gasteiger partial charge in [-0.2, -0.15) is 0 Å². The molecule has 0 spiro atoms. The number of carbonyl (C=O) groups is 1. The van der Waals surface area contributed by atoms with Gasteiger partial charge in [-0.05, 0) is 68.3 Å². The SMILES string of the molecule is C[C@H](Nc1ccc(NS(=O)(=O)c2ccc(F)cc2)cc1)C(=O)NC1CCCC1. The van der Waals surface area contributed by atoms with Crippen molar-refractivity contribution in [2.24, 2.45) is 0 Å². The van der Waals surface area contributed by atoms with Gasteiger partial charge in [-0.1, -0.05) is 12.8 Å². The fraction of sp³-hybridized carbons (Fsp3) is 0.350. The summed E-state index contributed by atoms with van der Waals surface area (Å²) in [5, 5.41) is 6.16. The number of hydrogen-bond donors (Lipinski definition) is 3. The van der Waals surface area contributed by atoms with E-state index in [0.717, 1.165) is 37.8 Å². The summed E-state index contributed by atoms with van der Waals surface area (Å²) in [5.74, 6) is -0.548. The van der Waals surface area contributed by atoms with Gasteiger partial charge in [0.15, 0.2) is 0 Å². The zero-order valence-corrected chi connectivity index (χ0v) is 16.4. The van der Waals surface area contributed by atoms with Gasteiger partial charge in [0.25, 0.3) is 10.0 Å². The van der Waals surface area contributed by atoms with Crippen LogP contribution in [0.2, 0.25) is 0 Å². The summed E-state index contributed by atoms with van der Waals surface area (Å²) in [5.41, 5.74) is 1.08. The first-order valence-electron chi connectivity index (χ1n) is 9.29. The van der Waals surface area contributed by atoms with Crippen LogP contribution in [0.3, 0.4) is 0 Å². The molecule has 0 bridgehead atoms. The van der Waals surface area contributed by atoms with Crippen molar-refractivity contribution in [1.29, 1.82) is 0 Å². The lowest BCUT2D eigenvalue weighted by atomic mass is 10.2. The molecule has 3 N–H and O–H groups in total. The maximum atomic E-state index is 13.0. The predicted octanol–water partition coefficient (Wildman–Crippen LogP) is 3.49. The maximum Gasteiger partial charge on any atom is 0.261 e. The Bertz CT molecular complexity index is 909. The second-order valence-corrected chi connectivity index (χ2v) is 8.68. The molecular formula is C20H24FN3O3S. The Balaban J connectivity index is 1.58. The smallest absolute Gasteiger partial charge is 0.261 e. The summed E-state index contributed by atoms with van der Waals surface area (Å²) in [4.78, 5) is 12.2. The van der Waals surface area contributed by atoms with Crippen LogP contribution in [0.25, 0.3) is 0 Å². The van der Waals surface area contributed by atoms with E-state index in [1.807, 2.05) is 0 Å². The Kier molecular flexibility index (Phi) is 6.18. The normalized spacial score (nSPS) is 15.8. The minimum Gasteiger partial charge on any atom is -0.374 e. The highest BCUT2D eigenvalue weighted by molar-refractivity contribution is 7.92. The van der Waals surface area contributed by atoms with Crippen molar-refractivity contribution in [3.05, 3.63) is 54.3 Å². The molecule has 1 fully saturated rings. The van der Waals surface area contributed by atoms with E-state index in [4.69, 9.17) is 0 Å². The van der Waals surface area contributed by atoms with Gasteiger partial charge in [-0.25, -0.2) is 12.8 Å². The molecule has 8 heteroatoms. The number of amides is 1. The number of halogens is 1. The molecule has 0 unspecified atom stereocenters. The molecule has 28 heavy (non-hydrogen) atoms. The third-order valence-corrected chi connectivity index (χ3v) is 6.14. The fourth-order valence-electron chi connectivity index (χ4n) is 3.17. The first-order valence-corrected chi connectivity index (χ1v) is 10.8. The number of sulfonamides is 1. The van der Waals surface area contributed by atoms with Crippen molar-refractivity contribution in [2.75, 3.05) is 10.0 Å². The minimum absolute atomic E-state index is 0.0201. The zero-order chi connectivity index (χ0) is 20.1. The van der Waals surface area contributed by atoms with Gasteiger partial charge in [0.1, 0.15) is 11.9 Å². The third kappa shape index (κ3) is 5.22. The van der Waals surface area contributed by atoms with E-state index in [-0.39, 0.29) is 16.8 Å². The Morgan fingerprint density at radius 1 is 1.00 bits per heavy atom. The van der Waals surface area contributed by atoms with Crippen molar-refractivity contribution in [3.63, 3.8) is 0 Å². The molecule has 150 valence electrons. The molecule has 1 aliphatic rings. The average Bonchev–Trinajstić information content (AvgIpc) is 3.16. The van der Waals surface area contributed by atoms with Crippen LogP contribution >= 0.6 is 0 Å². The molecule has 2 aromatic rings. The molecular weight excluding hydrogens is 381 g/mol. The Morgan fingerprint density at radius 3 is 2.18 bits per heavy atom. The monoisotopic (exact) mass is 405 g/mol. The second-order valence-electron chi connectivity index (χ2n) is 6.99. The van der Waals surface area contributed by atoms with Crippen molar-refractivity contribution in [3.8, 4) is 0 Å². The van der Waals surface area contributed by atoms with E-state index in [1.54, 1.807) is 31.2 Å². The molecule has 1 saturated carbocycles. The van der Waals surface area contributed by atoms with Gasteiger partial charge in [-0.15, -0.1) is 0 Å². The summed E-state index contributed by atoms with van der Waals surface area (Å²) < 4.78 is 40.1. The van der Waals surface area contributed by atoms with Crippen LogP contribution in [-0.2, 0) is 14.8 Å². The van der Waals surface area contributed by atoms with E-state index < -0.39 is 21.9 Å². The minimum atomic E-state index is -3.79. The highest BCUT2D eigenvalue weighted by atomic mass is 32.2. The Hall–Kier alpha value is -2.61. The number of hydrogen-bond acceptors (Lipinski definition) is 4. The van der Waals surface area contributed by atoms with Gasteiger partial charge in [0.05, 0.1) is 4.90 Å². The van der Waals surface area contributed by atoms with Gasteiger partial charge >= 0.3 is 0 Å². The first kappa shape index (κ1) is 20.1. The molecule has 0 heterocycles. The van der Waals surface area contributed by atoms with E-state index in [1.165, 1.54) is 12.1 Å². The topological polar surface area (TPSA) is 87.3 Å². The fourth-order valence-corrected chi connectivity index (χ4v) is 4.23. The summed E-state index contributed by atoms with van der Waals surface area (Å²) in [6.07, 6.45) is 4.37. The molecule has 0 aromatic heterocycles. The largest absolute Gasteiger partial charge is 0.374 e. The number of rotatable bonds is 7. The lowest BCUT2D eigenvalue weighted by molar-refractivity contribution is -0.122. The molecule has 1 amide bonds. The standard InChI is InChI=1S/C20H24FN3O3S/c1-14(20(25)23-16-4-2-3-5-16)22-17-8-10-18(11-9-17)24-28(26,27)19-12-6-15(21)7-13-19/h6-14,16,22,24H,2-5H2,1H3,(H,23,25)/t14-/m0/s1. The molecule has 0 saturated heterocycles. The first-order chi connectivity index (χ1) is 13.3. The van der Waals surface area contributed by atoms with E-state index >= 15 is 0 Å². The molecule has 0 radical (unpaired) electrons. The number of anilines is 2. The maximum absolute atomic E-state index is 13.0. The van der Waals surface area contributed by atoms with E-state index in [9.17, 15) is 17.6 Å². The number of carbonyl (C=O) groups excluding carboxylic acids is 1. The summed E-state index contributed by atoms with van der Waals surface area (Å²) in [6, 6.07) is 11.1. The van der Waals surface area contributed by atoms with E-state index in [0.29, 0.717) is 11.4 Å². The third-order valence-electron chi connectivity index (χ3n) is 4.74. The predicted molar refractivity (Wildman–Crippen MR) is 107 cm³/mol. The summed E-state index contributed by atoms with van der Waals surface area (Å²) in [6.45, 7) is 1.79. The molecule has 3 rings (SSSR count). The van der Waals surface area contributed by atoms with Crippen molar-refractivity contribution >= 4 is 27.3 Å². The van der Waals surface area contributed by atoms with Gasteiger partial charge in [0, 0.05) is 17.4 Å². The van der Waals surface area contributed by atoms with Crippen molar-refractivity contribution < 1.29 is 17.6 Å². The van der Waals surface area contributed by atoms with Crippen LogP contribution in [-0.4, -0.2) is 26.4 Å². The summed E-state index contributed by atoms with van der Waals surface area (Å²) in [7, 11) is -3.79. The molecule has 1 aliphatic carbocycles. The highest BCUT2D eigenvalue weighted by Crippen LogP contribution is 2.20. The van der Waals surface area contributed by atoms with Gasteiger partial charge < -0.3 is 10.6 Å². The second kappa shape index (κ2) is 8.60. The highest BCUT2D eigenvalue weighted by Gasteiger charge is 2.20. The molecule has 1 atom stereocenters. The quantitative estimate of drug-likeness (QED) is 0.658. The van der Waals surface area contributed by atoms with Crippen LogP contribution in [0, 0.1) is 5.82 Å². The molecule has 0 aliphatic heterocycles. The van der Waals surface area contributed by atoms with Gasteiger partial charge in [-0.3, -0.25) is 9.52 Å². The average molecular weight is 405 g/mol. The summed E-state index contributed by atoms with van der Waals surface area (Å²) >= 11 is 0. The Morgan fingerprint density at radius 2 is 1.57 bits per heavy atom. The van der Waals surface area contributed by atoms with Crippen molar-refractivity contribution in [1.82, 2.24) is 5.32 Å². The van der Waals surface area contributed by atoms with Crippen LogP contribution in [0.4, 0.5) is 15.8 Å². The number of nitrogens with one attached hydrogen (secondary N) is 3. The van der Waals surface area contributed by atoms with Crippen molar-refractivity contribution in [2.45, 2.75) is 49.6 Å². The lowest BCUT2D eigenvalue weighted by Gasteiger charge is -2.19. The van der Waals surface area contributed by atoms with Gasteiger partial charge in [0.2, 0.25) is 5.91 Å². The van der Waals surface area contributed by atoms with Crippen LogP contribution in [0.15, 0.2) is 53.4 Å². The molecule has 2 aromatic carbocycles. The zero-order valence-electron chi connectivity index (χ0n) is 15.6. The molecule has 6 nitrogen and oxygen atoms in total. The van der Waals surface area contributed by atoms with E-state index in [2.05, 4.69) is 15.4 Å².